The lowest BCUT2D eigenvalue weighted by atomic mass is 10.1. The van der Waals surface area contributed by atoms with Crippen LogP contribution in [0, 0.1) is 0 Å². The predicted octanol–water partition coefficient (Wildman–Crippen LogP) is 4.93. The van der Waals surface area contributed by atoms with Gasteiger partial charge in [0.05, 0.1) is 35.9 Å². The van der Waals surface area contributed by atoms with E-state index in [1.165, 1.54) is 38.5 Å². The van der Waals surface area contributed by atoms with E-state index in [0.717, 1.165) is 75.1 Å². The summed E-state index contributed by atoms with van der Waals surface area (Å²) in [5, 5.41) is 9.75. The van der Waals surface area contributed by atoms with E-state index in [9.17, 15) is 0 Å². The Morgan fingerprint density at radius 1 is 0.526 bits per heavy atom. The summed E-state index contributed by atoms with van der Waals surface area (Å²) >= 11 is 0. The van der Waals surface area contributed by atoms with Crippen molar-refractivity contribution < 1.29 is 0 Å². The van der Waals surface area contributed by atoms with Crippen LogP contribution in [0.4, 0.5) is 0 Å². The highest BCUT2D eigenvalue weighted by molar-refractivity contribution is 5.06. The summed E-state index contributed by atoms with van der Waals surface area (Å²) in [6, 6.07) is 16.6. The van der Waals surface area contributed by atoms with Crippen molar-refractivity contribution in [3.63, 3.8) is 0 Å². The fourth-order valence-electron chi connectivity index (χ4n) is 5.14. The van der Waals surface area contributed by atoms with E-state index in [4.69, 9.17) is 10.2 Å². The summed E-state index contributed by atoms with van der Waals surface area (Å²) in [7, 11) is 0. The van der Waals surface area contributed by atoms with Crippen LogP contribution in [-0.2, 0) is 39.3 Å². The van der Waals surface area contributed by atoms with Gasteiger partial charge in [-0.25, -0.2) is 0 Å². The molecule has 0 aliphatic carbocycles. The molecule has 0 spiro atoms. The standard InChI is InChI=1S/C30H40N8/c1-2-4-10-18-36(24-28-12-6-8-16-32-28)26-30-14-20-38(34-30)22-21-37-19-13-29(33-37)25-35(17-9-3-1)23-27-11-5-7-15-31-27/h5-8,11-16,19-20H,1-4,9-10,17-18,21-26H2. The van der Waals surface area contributed by atoms with E-state index < -0.39 is 0 Å². The molecule has 0 aromatic carbocycles. The maximum atomic E-state index is 4.87. The van der Waals surface area contributed by atoms with Crippen LogP contribution in [0.15, 0.2) is 73.3 Å². The molecule has 0 unspecified atom stereocenters. The van der Waals surface area contributed by atoms with Gasteiger partial charge in [0.1, 0.15) is 0 Å². The van der Waals surface area contributed by atoms with Crippen LogP contribution in [0.3, 0.4) is 0 Å². The molecule has 8 nitrogen and oxygen atoms in total. The van der Waals surface area contributed by atoms with Crippen molar-refractivity contribution in [3.8, 4) is 0 Å². The molecule has 5 heterocycles. The van der Waals surface area contributed by atoms with Crippen LogP contribution >= 0.6 is 0 Å². The molecule has 1 aliphatic rings. The lowest BCUT2D eigenvalue weighted by Gasteiger charge is -2.21. The molecule has 0 radical (unpaired) electrons. The molecule has 38 heavy (non-hydrogen) atoms. The molecular weight excluding hydrogens is 472 g/mol. The second-order valence-electron chi connectivity index (χ2n) is 10.3. The zero-order chi connectivity index (χ0) is 25.8. The van der Waals surface area contributed by atoms with E-state index in [1.807, 2.05) is 33.9 Å². The van der Waals surface area contributed by atoms with E-state index in [0.29, 0.717) is 0 Å². The van der Waals surface area contributed by atoms with Crippen LogP contribution in [0.25, 0.3) is 0 Å². The zero-order valence-corrected chi connectivity index (χ0v) is 22.4. The first kappa shape index (κ1) is 26.3. The Kier molecular flexibility index (Phi) is 9.66. The minimum atomic E-state index is 0.805. The van der Waals surface area contributed by atoms with Crippen molar-refractivity contribution >= 4 is 0 Å². The van der Waals surface area contributed by atoms with Gasteiger partial charge in [0.25, 0.3) is 0 Å². The van der Waals surface area contributed by atoms with Crippen molar-refractivity contribution in [1.29, 1.82) is 0 Å². The molecule has 1 aliphatic heterocycles. The third kappa shape index (κ3) is 8.33. The van der Waals surface area contributed by atoms with Crippen LogP contribution < -0.4 is 0 Å². The molecule has 0 N–H and O–H groups in total. The monoisotopic (exact) mass is 512 g/mol. The molecule has 0 saturated carbocycles. The SMILES string of the molecule is c1ccc(CN2CCCCCCCCN(Cc3ccccn3)Cc3ccn(n3)CCn3ccc(n3)C2)nc1. The lowest BCUT2D eigenvalue weighted by molar-refractivity contribution is 0.239. The van der Waals surface area contributed by atoms with E-state index >= 15 is 0 Å². The molecule has 4 bridgehead atoms. The maximum absolute atomic E-state index is 4.87. The van der Waals surface area contributed by atoms with Crippen molar-refractivity contribution in [1.82, 2.24) is 39.3 Å². The van der Waals surface area contributed by atoms with Gasteiger partial charge in [-0.1, -0.05) is 37.8 Å². The van der Waals surface area contributed by atoms with Gasteiger partial charge in [-0.05, 0) is 62.3 Å². The van der Waals surface area contributed by atoms with E-state index in [1.54, 1.807) is 0 Å². The van der Waals surface area contributed by atoms with Crippen molar-refractivity contribution in [3.05, 3.63) is 96.1 Å². The highest BCUT2D eigenvalue weighted by atomic mass is 15.3. The van der Waals surface area contributed by atoms with Crippen molar-refractivity contribution in [2.75, 3.05) is 13.1 Å². The summed E-state index contributed by atoms with van der Waals surface area (Å²) < 4.78 is 4.09. The second-order valence-corrected chi connectivity index (χ2v) is 10.3. The Labute approximate surface area is 226 Å². The zero-order valence-electron chi connectivity index (χ0n) is 22.4. The molecule has 0 atom stereocenters. The van der Waals surface area contributed by atoms with Crippen molar-refractivity contribution in [2.24, 2.45) is 0 Å². The van der Waals surface area contributed by atoms with Gasteiger partial charge in [0.15, 0.2) is 0 Å². The molecule has 4 aromatic rings. The third-order valence-corrected chi connectivity index (χ3v) is 7.14. The molecule has 0 fully saturated rings. The van der Waals surface area contributed by atoms with Gasteiger partial charge < -0.3 is 0 Å². The summed E-state index contributed by atoms with van der Waals surface area (Å²) in [5.41, 5.74) is 4.46. The number of hydrogen-bond acceptors (Lipinski definition) is 6. The van der Waals surface area contributed by atoms with Crippen molar-refractivity contribution in [2.45, 2.75) is 77.8 Å². The minimum Gasteiger partial charge on any atom is -0.292 e. The third-order valence-electron chi connectivity index (χ3n) is 7.14. The number of aromatic nitrogens is 6. The quantitative estimate of drug-likeness (QED) is 0.386. The Hall–Kier alpha value is -3.36. The number of hydrogen-bond donors (Lipinski definition) is 0. The normalized spacial score (nSPS) is 17.3. The first-order chi connectivity index (χ1) is 18.8. The molecule has 0 saturated heterocycles. The van der Waals surface area contributed by atoms with Gasteiger partial charge >= 0.3 is 0 Å². The Morgan fingerprint density at radius 2 is 1.00 bits per heavy atom. The lowest BCUT2D eigenvalue weighted by Crippen LogP contribution is -2.25. The average Bonchev–Trinajstić information content (AvgIpc) is 3.58. The van der Waals surface area contributed by atoms with E-state index in [2.05, 4.69) is 68.6 Å². The number of fused-ring (bicyclic) bond motifs is 4. The molecule has 200 valence electrons. The van der Waals surface area contributed by atoms with Crippen LogP contribution in [-0.4, -0.2) is 52.4 Å². The molecular formula is C30H40N8. The van der Waals surface area contributed by atoms with Gasteiger partial charge in [0.2, 0.25) is 0 Å². The Morgan fingerprint density at radius 3 is 1.45 bits per heavy atom. The molecule has 8 heteroatoms. The van der Waals surface area contributed by atoms with Crippen LogP contribution in [0.2, 0.25) is 0 Å². The molecule has 0 amide bonds. The Bertz CT molecular complexity index is 1110. The first-order valence-electron chi connectivity index (χ1n) is 14.1. The smallest absolute Gasteiger partial charge is 0.0764 e. The van der Waals surface area contributed by atoms with Crippen LogP contribution in [0.1, 0.15) is 61.3 Å². The molecule has 5 rings (SSSR count). The van der Waals surface area contributed by atoms with Gasteiger partial charge in [-0.2, -0.15) is 10.2 Å². The second kappa shape index (κ2) is 14.0. The fraction of sp³-hybridized carbons (Fsp3) is 0.467. The molecule has 4 aromatic heterocycles. The first-order valence-corrected chi connectivity index (χ1v) is 14.1. The average molecular weight is 513 g/mol. The topological polar surface area (TPSA) is 67.9 Å². The fourth-order valence-corrected chi connectivity index (χ4v) is 5.14. The number of rotatable bonds is 4. The maximum Gasteiger partial charge on any atom is 0.0764 e. The minimum absolute atomic E-state index is 0.805. The Balaban J connectivity index is 1.25. The largest absolute Gasteiger partial charge is 0.292 e. The summed E-state index contributed by atoms with van der Waals surface area (Å²) in [5.74, 6) is 0. The highest BCUT2D eigenvalue weighted by Gasteiger charge is 2.12. The highest BCUT2D eigenvalue weighted by Crippen LogP contribution is 2.14. The number of aryl methyl sites for hydroxylation is 2. The number of pyridine rings is 2. The summed E-state index contributed by atoms with van der Waals surface area (Å²) in [6.07, 6.45) is 15.5. The van der Waals surface area contributed by atoms with Crippen LogP contribution in [0.5, 0.6) is 0 Å². The van der Waals surface area contributed by atoms with Gasteiger partial charge in [-0.3, -0.25) is 29.1 Å². The predicted molar refractivity (Wildman–Crippen MR) is 149 cm³/mol. The summed E-state index contributed by atoms with van der Waals surface area (Å²) in [4.78, 5) is 14.1. The summed E-state index contributed by atoms with van der Waals surface area (Å²) in [6.45, 7) is 7.15. The van der Waals surface area contributed by atoms with E-state index in [-0.39, 0.29) is 0 Å². The van der Waals surface area contributed by atoms with Gasteiger partial charge in [0, 0.05) is 51.0 Å². The van der Waals surface area contributed by atoms with Gasteiger partial charge in [-0.15, -0.1) is 0 Å². The number of nitrogens with zero attached hydrogens (tertiary/aromatic N) is 8.